The van der Waals surface area contributed by atoms with Gasteiger partial charge in [0.05, 0.1) is 5.69 Å². The summed E-state index contributed by atoms with van der Waals surface area (Å²) in [6.45, 7) is 2.09. The van der Waals surface area contributed by atoms with Gasteiger partial charge in [-0.15, -0.1) is 0 Å². The average molecular weight is 441 g/mol. The van der Waals surface area contributed by atoms with Crippen molar-refractivity contribution in [3.05, 3.63) is 46.6 Å². The molecule has 2 aromatic rings. The number of nitrogens with zero attached hydrogens (tertiary/aromatic N) is 2. The number of carbonyl (C=O) groups is 3. The van der Waals surface area contributed by atoms with E-state index in [1.807, 2.05) is 12.1 Å². The zero-order chi connectivity index (χ0) is 23.4. The Morgan fingerprint density at radius 1 is 1.16 bits per heavy atom. The molecule has 3 rings (SSSR count). The maximum atomic E-state index is 12.4. The summed E-state index contributed by atoms with van der Waals surface area (Å²) < 4.78 is 0. The highest BCUT2D eigenvalue weighted by atomic mass is 16.4. The van der Waals surface area contributed by atoms with Crippen LogP contribution in [0, 0.1) is 0 Å². The van der Waals surface area contributed by atoms with Gasteiger partial charge in [0.25, 0.3) is 5.91 Å². The van der Waals surface area contributed by atoms with Crippen molar-refractivity contribution < 1.29 is 24.6 Å². The molecule has 0 bridgehead atoms. The van der Waals surface area contributed by atoms with Crippen molar-refractivity contribution in [2.45, 2.75) is 56.9 Å². The van der Waals surface area contributed by atoms with Gasteiger partial charge < -0.3 is 27.0 Å². The summed E-state index contributed by atoms with van der Waals surface area (Å²) in [4.78, 5) is 42.8. The predicted molar refractivity (Wildman–Crippen MR) is 117 cm³/mol. The summed E-state index contributed by atoms with van der Waals surface area (Å²) in [5.41, 5.74) is 15.0. The third kappa shape index (κ3) is 5.32. The van der Waals surface area contributed by atoms with E-state index in [0.717, 1.165) is 36.1 Å². The molecule has 1 amide bonds. The number of carbonyl (C=O) groups excluding carboxylic acids is 1. The van der Waals surface area contributed by atoms with Crippen LogP contribution in [0.2, 0.25) is 0 Å². The number of rotatable bonds is 9. The fourth-order valence-electron chi connectivity index (χ4n) is 4.17. The van der Waals surface area contributed by atoms with Crippen LogP contribution in [0.3, 0.4) is 0 Å². The van der Waals surface area contributed by atoms with Gasteiger partial charge in [0.2, 0.25) is 5.95 Å². The molecule has 10 heteroatoms. The second kappa shape index (κ2) is 9.63. The predicted octanol–water partition coefficient (Wildman–Crippen LogP) is 1.91. The number of aryl methyl sites for hydroxylation is 1. The van der Waals surface area contributed by atoms with Crippen LogP contribution in [0.1, 0.15) is 71.6 Å². The zero-order valence-electron chi connectivity index (χ0n) is 17.7. The van der Waals surface area contributed by atoms with Crippen molar-refractivity contribution in [2.24, 2.45) is 0 Å². The Balaban J connectivity index is 1.64. The lowest BCUT2D eigenvalue weighted by Crippen LogP contribution is -2.41. The minimum atomic E-state index is -1.27. The fourth-order valence-corrected chi connectivity index (χ4v) is 4.17. The number of anilines is 2. The maximum Gasteiger partial charge on any atom is 0.326 e. The molecule has 7 N–H and O–H groups in total. The van der Waals surface area contributed by atoms with Gasteiger partial charge >= 0.3 is 11.9 Å². The minimum Gasteiger partial charge on any atom is -0.481 e. The smallest absolute Gasteiger partial charge is 0.326 e. The largest absolute Gasteiger partial charge is 0.481 e. The summed E-state index contributed by atoms with van der Waals surface area (Å²) in [6.07, 6.45) is 2.05. The number of carboxylic acid groups (broad SMARTS) is 2. The molecule has 1 aromatic heterocycles. The summed E-state index contributed by atoms with van der Waals surface area (Å²) in [6, 6.07) is 5.69. The number of hydrogen-bond donors (Lipinski definition) is 5. The first-order chi connectivity index (χ1) is 15.2. The summed E-state index contributed by atoms with van der Waals surface area (Å²) in [7, 11) is 0. The van der Waals surface area contributed by atoms with E-state index in [1.54, 1.807) is 12.1 Å². The molecule has 2 unspecified atom stereocenters. The van der Waals surface area contributed by atoms with Crippen molar-refractivity contribution in [1.82, 2.24) is 15.3 Å². The first-order valence-corrected chi connectivity index (χ1v) is 10.4. The van der Waals surface area contributed by atoms with Crippen LogP contribution in [0.4, 0.5) is 11.8 Å². The lowest BCUT2D eigenvalue weighted by Gasteiger charge is -2.19. The first kappa shape index (κ1) is 23.0. The molecule has 0 spiro atoms. The number of benzene rings is 1. The molecule has 1 aliphatic carbocycles. The number of fused-ring (bicyclic) bond motifs is 1. The van der Waals surface area contributed by atoms with Crippen LogP contribution in [0.25, 0.3) is 0 Å². The number of hydrogen-bond acceptors (Lipinski definition) is 7. The topological polar surface area (TPSA) is 182 Å². The Bertz CT molecular complexity index is 1020. The average Bonchev–Trinajstić information content (AvgIpc) is 3.13. The molecule has 170 valence electrons. The molecule has 0 radical (unpaired) electrons. The van der Waals surface area contributed by atoms with Crippen molar-refractivity contribution in [2.75, 3.05) is 11.5 Å². The van der Waals surface area contributed by atoms with E-state index in [2.05, 4.69) is 22.2 Å². The summed E-state index contributed by atoms with van der Waals surface area (Å²) in [5, 5.41) is 20.3. The molecular weight excluding hydrogens is 414 g/mol. The Labute approximate surface area is 185 Å². The van der Waals surface area contributed by atoms with Crippen molar-refractivity contribution in [3.63, 3.8) is 0 Å². The highest BCUT2D eigenvalue weighted by Gasteiger charge is 2.29. The molecule has 1 aromatic carbocycles. The van der Waals surface area contributed by atoms with Crippen molar-refractivity contribution in [1.29, 1.82) is 0 Å². The molecular formula is C22H27N5O5. The number of aliphatic carboxylic acids is 2. The molecule has 10 nitrogen and oxygen atoms in total. The van der Waals surface area contributed by atoms with Crippen LogP contribution in [-0.4, -0.2) is 44.1 Å². The van der Waals surface area contributed by atoms with Gasteiger partial charge in [0, 0.05) is 17.5 Å². The van der Waals surface area contributed by atoms with E-state index in [9.17, 15) is 19.5 Å². The SMILES string of the molecule is CC(CC1CCc2nc(N)nc(N)c21)c1ccc(C(=O)N[C@@H](CCC(=O)O)C(=O)O)cc1. The molecule has 0 saturated heterocycles. The van der Waals surface area contributed by atoms with E-state index in [-0.39, 0.29) is 30.6 Å². The van der Waals surface area contributed by atoms with Crippen LogP contribution < -0.4 is 16.8 Å². The van der Waals surface area contributed by atoms with Gasteiger partial charge in [-0.3, -0.25) is 9.59 Å². The Kier molecular flexibility index (Phi) is 6.92. The monoisotopic (exact) mass is 441 g/mol. The molecule has 0 saturated carbocycles. The highest BCUT2D eigenvalue weighted by molar-refractivity contribution is 5.96. The van der Waals surface area contributed by atoms with Crippen LogP contribution in [-0.2, 0) is 16.0 Å². The van der Waals surface area contributed by atoms with E-state index in [4.69, 9.17) is 16.6 Å². The number of carboxylic acids is 2. The quantitative estimate of drug-likeness (QED) is 0.388. The van der Waals surface area contributed by atoms with E-state index in [1.165, 1.54) is 0 Å². The number of nitrogens with two attached hydrogens (primary N) is 2. The summed E-state index contributed by atoms with van der Waals surface area (Å²) >= 11 is 0. The molecule has 1 heterocycles. The van der Waals surface area contributed by atoms with Gasteiger partial charge in [0.1, 0.15) is 11.9 Å². The zero-order valence-corrected chi connectivity index (χ0v) is 17.7. The van der Waals surface area contributed by atoms with Gasteiger partial charge in [-0.25, -0.2) is 9.78 Å². The summed E-state index contributed by atoms with van der Waals surface area (Å²) in [5.74, 6) is -1.91. The molecule has 3 atom stereocenters. The normalized spacial score (nSPS) is 16.7. The third-order valence-corrected chi connectivity index (χ3v) is 5.84. The highest BCUT2D eigenvalue weighted by Crippen LogP contribution is 2.41. The number of nitrogens with one attached hydrogen (secondary N) is 1. The number of amides is 1. The number of aromatic nitrogens is 2. The molecule has 1 aliphatic rings. The van der Waals surface area contributed by atoms with Crippen molar-refractivity contribution in [3.8, 4) is 0 Å². The Morgan fingerprint density at radius 2 is 1.84 bits per heavy atom. The first-order valence-electron chi connectivity index (χ1n) is 10.4. The van der Waals surface area contributed by atoms with E-state index >= 15 is 0 Å². The Morgan fingerprint density at radius 3 is 2.47 bits per heavy atom. The van der Waals surface area contributed by atoms with Crippen LogP contribution in [0.5, 0.6) is 0 Å². The van der Waals surface area contributed by atoms with Gasteiger partial charge in [-0.1, -0.05) is 19.1 Å². The van der Waals surface area contributed by atoms with Crippen LogP contribution in [0.15, 0.2) is 24.3 Å². The lowest BCUT2D eigenvalue weighted by molar-refractivity contribution is -0.140. The van der Waals surface area contributed by atoms with Crippen molar-refractivity contribution >= 4 is 29.6 Å². The van der Waals surface area contributed by atoms with Gasteiger partial charge in [-0.05, 0) is 55.2 Å². The van der Waals surface area contributed by atoms with Gasteiger partial charge in [0.15, 0.2) is 0 Å². The molecule has 0 fully saturated rings. The minimum absolute atomic E-state index is 0.183. The Hall–Kier alpha value is -3.69. The molecule has 32 heavy (non-hydrogen) atoms. The van der Waals surface area contributed by atoms with E-state index in [0.29, 0.717) is 11.4 Å². The maximum absolute atomic E-state index is 12.4. The van der Waals surface area contributed by atoms with Gasteiger partial charge in [-0.2, -0.15) is 4.98 Å². The second-order valence-electron chi connectivity index (χ2n) is 8.12. The fraction of sp³-hybridized carbons (Fsp3) is 0.409. The lowest BCUT2D eigenvalue weighted by atomic mass is 9.87. The van der Waals surface area contributed by atoms with Crippen LogP contribution >= 0.6 is 0 Å². The van der Waals surface area contributed by atoms with E-state index < -0.39 is 23.9 Å². The second-order valence-corrected chi connectivity index (χ2v) is 8.12. The standard InChI is InChI=1S/C22H27N5O5/c1-11(10-14-6-7-15-18(14)19(23)27-22(24)26-15)12-2-4-13(5-3-12)20(30)25-16(21(31)32)8-9-17(28)29/h2-5,11,14,16H,6-10H2,1H3,(H,25,30)(H,28,29)(H,31,32)(H4,23,24,26,27)/t11?,14?,16-/m0/s1. The third-order valence-electron chi connectivity index (χ3n) is 5.84. The molecule has 0 aliphatic heterocycles. The number of nitrogen functional groups attached to an aromatic ring is 2.